The molecule has 0 spiro atoms. The van der Waals surface area contributed by atoms with Crippen molar-refractivity contribution in [1.29, 1.82) is 0 Å². The van der Waals surface area contributed by atoms with Gasteiger partial charge in [0.25, 0.3) is 0 Å². The van der Waals surface area contributed by atoms with Crippen molar-refractivity contribution in [2.24, 2.45) is 0 Å². The summed E-state index contributed by atoms with van der Waals surface area (Å²) in [5, 5.41) is 7.87. The highest BCUT2D eigenvalue weighted by Crippen LogP contribution is 2.28. The number of aromatic amines is 1. The number of halogens is 1. The fraction of sp³-hybridized carbons (Fsp3) is 0. The Balaban J connectivity index is 2.29. The highest BCUT2D eigenvalue weighted by Gasteiger charge is 2.11. The molecule has 2 aromatic carbocycles. The average molecular weight is 227 g/mol. The topological polar surface area (TPSA) is 54.7 Å². The van der Waals surface area contributed by atoms with Crippen LogP contribution in [0.4, 0.5) is 10.1 Å². The van der Waals surface area contributed by atoms with Crippen molar-refractivity contribution < 1.29 is 4.39 Å². The van der Waals surface area contributed by atoms with Crippen LogP contribution >= 0.6 is 0 Å². The van der Waals surface area contributed by atoms with Crippen LogP contribution in [0, 0.1) is 5.82 Å². The number of fused-ring (bicyclic) bond motifs is 1. The van der Waals surface area contributed by atoms with Gasteiger partial charge in [0.2, 0.25) is 0 Å². The number of nitrogen functional groups attached to an aromatic ring is 1. The van der Waals surface area contributed by atoms with Gasteiger partial charge in [-0.3, -0.25) is 5.10 Å². The summed E-state index contributed by atoms with van der Waals surface area (Å²) in [6, 6.07) is 12.0. The van der Waals surface area contributed by atoms with Crippen molar-refractivity contribution in [3.8, 4) is 11.3 Å². The number of aromatic nitrogens is 2. The van der Waals surface area contributed by atoms with Crippen LogP contribution in [0.3, 0.4) is 0 Å². The Bertz CT molecular complexity index is 688. The van der Waals surface area contributed by atoms with Crippen molar-refractivity contribution in [3.63, 3.8) is 0 Å². The lowest BCUT2D eigenvalue weighted by Gasteiger charge is -1.99. The summed E-state index contributed by atoms with van der Waals surface area (Å²) in [5.74, 6) is -0.280. The lowest BCUT2D eigenvalue weighted by molar-refractivity contribution is 0.631. The van der Waals surface area contributed by atoms with E-state index in [1.807, 2.05) is 6.07 Å². The van der Waals surface area contributed by atoms with Crippen LogP contribution in [0.5, 0.6) is 0 Å². The van der Waals surface area contributed by atoms with Crippen molar-refractivity contribution >= 4 is 16.6 Å². The maximum absolute atomic E-state index is 13.7. The molecule has 0 saturated carbocycles. The highest BCUT2D eigenvalue weighted by molar-refractivity contribution is 5.94. The lowest BCUT2D eigenvalue weighted by Crippen LogP contribution is -1.85. The van der Waals surface area contributed by atoms with Gasteiger partial charge in [-0.1, -0.05) is 12.1 Å². The zero-order chi connectivity index (χ0) is 11.8. The summed E-state index contributed by atoms with van der Waals surface area (Å²) < 4.78 is 13.7. The Morgan fingerprint density at radius 2 is 1.94 bits per heavy atom. The van der Waals surface area contributed by atoms with E-state index in [1.54, 1.807) is 30.3 Å². The van der Waals surface area contributed by atoms with Gasteiger partial charge in [-0.25, -0.2) is 4.39 Å². The predicted molar refractivity (Wildman–Crippen MR) is 65.9 cm³/mol. The number of nitrogens with one attached hydrogen (secondary N) is 1. The second kappa shape index (κ2) is 3.59. The summed E-state index contributed by atoms with van der Waals surface area (Å²) in [7, 11) is 0. The quantitative estimate of drug-likeness (QED) is 0.628. The number of H-pyrrole nitrogens is 1. The molecule has 0 atom stereocenters. The number of anilines is 1. The van der Waals surface area contributed by atoms with Crippen LogP contribution in [0.25, 0.3) is 22.2 Å². The fourth-order valence-electron chi connectivity index (χ4n) is 1.90. The first-order valence-electron chi connectivity index (χ1n) is 5.24. The van der Waals surface area contributed by atoms with E-state index in [1.165, 1.54) is 6.07 Å². The molecule has 3 N–H and O–H groups in total. The minimum atomic E-state index is -0.280. The van der Waals surface area contributed by atoms with Gasteiger partial charge in [0.15, 0.2) is 0 Å². The van der Waals surface area contributed by atoms with Crippen molar-refractivity contribution in [3.05, 3.63) is 48.3 Å². The Hall–Kier alpha value is -2.36. The Kier molecular flexibility index (Phi) is 2.08. The zero-order valence-electron chi connectivity index (χ0n) is 8.94. The molecule has 0 fully saturated rings. The first-order valence-corrected chi connectivity index (χ1v) is 5.24. The molecule has 0 aliphatic heterocycles. The number of benzene rings is 2. The van der Waals surface area contributed by atoms with Crippen LogP contribution in [0.2, 0.25) is 0 Å². The Morgan fingerprint density at radius 1 is 1.12 bits per heavy atom. The van der Waals surface area contributed by atoms with Gasteiger partial charge in [0.05, 0.1) is 5.52 Å². The lowest BCUT2D eigenvalue weighted by atomic mass is 10.1. The van der Waals surface area contributed by atoms with Gasteiger partial charge in [0, 0.05) is 16.6 Å². The van der Waals surface area contributed by atoms with E-state index in [2.05, 4.69) is 10.2 Å². The number of nitrogens with two attached hydrogens (primary N) is 1. The molecule has 4 heteroatoms. The van der Waals surface area contributed by atoms with Gasteiger partial charge >= 0.3 is 0 Å². The minimum Gasteiger partial charge on any atom is -0.399 e. The zero-order valence-corrected chi connectivity index (χ0v) is 8.94. The number of nitrogens with zero attached hydrogens (tertiary/aromatic N) is 1. The predicted octanol–water partition coefficient (Wildman–Crippen LogP) is 2.95. The molecule has 3 rings (SSSR count). The molecule has 0 unspecified atom stereocenters. The maximum Gasteiger partial charge on any atom is 0.132 e. The first kappa shape index (κ1) is 9.84. The van der Waals surface area contributed by atoms with E-state index >= 15 is 0 Å². The monoisotopic (exact) mass is 227 g/mol. The SMILES string of the molecule is Nc1ccc2c(-c3ccccc3F)n[nH]c2c1. The molecule has 17 heavy (non-hydrogen) atoms. The number of hydrogen-bond acceptors (Lipinski definition) is 2. The molecule has 0 amide bonds. The minimum absolute atomic E-state index is 0.280. The summed E-state index contributed by atoms with van der Waals surface area (Å²) in [6.45, 7) is 0. The van der Waals surface area contributed by atoms with Crippen LogP contribution in [-0.4, -0.2) is 10.2 Å². The van der Waals surface area contributed by atoms with Crippen molar-refractivity contribution in [2.75, 3.05) is 5.73 Å². The van der Waals surface area contributed by atoms with E-state index < -0.39 is 0 Å². The first-order chi connectivity index (χ1) is 8.25. The Labute approximate surface area is 97.1 Å². The second-order valence-electron chi connectivity index (χ2n) is 3.86. The summed E-state index contributed by atoms with van der Waals surface area (Å²) in [6.07, 6.45) is 0. The van der Waals surface area contributed by atoms with E-state index in [-0.39, 0.29) is 5.82 Å². The van der Waals surface area contributed by atoms with Crippen LogP contribution < -0.4 is 5.73 Å². The Morgan fingerprint density at radius 3 is 2.76 bits per heavy atom. The molecule has 1 heterocycles. The van der Waals surface area contributed by atoms with E-state index in [0.717, 1.165) is 10.9 Å². The third-order valence-corrected chi connectivity index (χ3v) is 2.72. The normalized spacial score (nSPS) is 10.9. The van der Waals surface area contributed by atoms with Crippen LogP contribution in [0.15, 0.2) is 42.5 Å². The third-order valence-electron chi connectivity index (χ3n) is 2.72. The summed E-state index contributed by atoms with van der Waals surface area (Å²) in [4.78, 5) is 0. The molecule has 0 aliphatic rings. The highest BCUT2D eigenvalue weighted by atomic mass is 19.1. The van der Waals surface area contributed by atoms with Gasteiger partial charge in [-0.05, 0) is 30.3 Å². The van der Waals surface area contributed by atoms with Crippen LogP contribution in [0.1, 0.15) is 0 Å². The van der Waals surface area contributed by atoms with E-state index in [4.69, 9.17) is 5.73 Å². The van der Waals surface area contributed by atoms with Gasteiger partial charge in [-0.2, -0.15) is 5.10 Å². The largest absolute Gasteiger partial charge is 0.399 e. The standard InChI is InChI=1S/C13H10FN3/c14-11-4-2-1-3-9(11)13-10-6-5-8(15)7-12(10)16-17-13/h1-7H,15H2,(H,16,17). The van der Waals surface area contributed by atoms with Crippen LogP contribution in [-0.2, 0) is 0 Å². The average Bonchev–Trinajstić information content (AvgIpc) is 2.72. The molecule has 0 aliphatic carbocycles. The molecule has 0 bridgehead atoms. The summed E-state index contributed by atoms with van der Waals surface area (Å²) in [5.41, 5.74) is 8.24. The van der Waals surface area contributed by atoms with E-state index in [0.29, 0.717) is 16.9 Å². The number of rotatable bonds is 1. The maximum atomic E-state index is 13.7. The van der Waals surface area contributed by atoms with Gasteiger partial charge < -0.3 is 5.73 Å². The van der Waals surface area contributed by atoms with E-state index in [9.17, 15) is 4.39 Å². The second-order valence-corrected chi connectivity index (χ2v) is 3.86. The fourth-order valence-corrected chi connectivity index (χ4v) is 1.90. The van der Waals surface area contributed by atoms with Crippen molar-refractivity contribution in [2.45, 2.75) is 0 Å². The molecule has 84 valence electrons. The van der Waals surface area contributed by atoms with Gasteiger partial charge in [-0.15, -0.1) is 0 Å². The smallest absolute Gasteiger partial charge is 0.132 e. The molecular weight excluding hydrogens is 217 g/mol. The molecular formula is C13H10FN3. The number of hydrogen-bond donors (Lipinski definition) is 2. The molecule has 0 radical (unpaired) electrons. The summed E-state index contributed by atoms with van der Waals surface area (Å²) >= 11 is 0. The molecule has 0 saturated heterocycles. The van der Waals surface area contributed by atoms with Gasteiger partial charge in [0.1, 0.15) is 11.5 Å². The van der Waals surface area contributed by atoms with Crippen molar-refractivity contribution in [1.82, 2.24) is 10.2 Å². The molecule has 1 aromatic heterocycles. The molecule has 3 aromatic rings. The third kappa shape index (κ3) is 1.54. The molecule has 3 nitrogen and oxygen atoms in total.